The van der Waals surface area contributed by atoms with Crippen LogP contribution in [0, 0.1) is 0 Å². The molecule has 1 aromatic rings. The normalized spacial score (nSPS) is 10.3. The minimum atomic E-state index is -4.47. The van der Waals surface area contributed by atoms with Gasteiger partial charge in [-0.25, -0.2) is 4.57 Å². The monoisotopic (exact) mass is 288 g/mol. The van der Waals surface area contributed by atoms with Gasteiger partial charge in [0.1, 0.15) is 5.75 Å². The van der Waals surface area contributed by atoms with Gasteiger partial charge in [0.15, 0.2) is 0 Å². The molecule has 6 heteroatoms. The Bertz CT molecular complexity index is 411. The third kappa shape index (κ3) is 9.45. The minimum Gasteiger partial charge on any atom is -0.404 e. The van der Waals surface area contributed by atoms with Crippen LogP contribution in [-0.4, -0.2) is 23.0 Å². The zero-order valence-electron chi connectivity index (χ0n) is 11.3. The molecule has 0 aliphatic carbocycles. The third-order valence-electron chi connectivity index (χ3n) is 1.96. The first-order valence-corrected chi connectivity index (χ1v) is 7.49. The van der Waals surface area contributed by atoms with Gasteiger partial charge < -0.3 is 9.26 Å². The average molecular weight is 288 g/mol. The number of phosphoric acid groups is 1. The Morgan fingerprint density at radius 2 is 1.84 bits per heavy atom. The highest BCUT2D eigenvalue weighted by Crippen LogP contribution is 2.39. The lowest BCUT2D eigenvalue weighted by molar-refractivity contribution is 0.162. The summed E-state index contributed by atoms with van der Waals surface area (Å²) in [4.78, 5) is 17.3. The van der Waals surface area contributed by atoms with E-state index in [-0.39, 0.29) is 5.75 Å². The van der Waals surface area contributed by atoms with E-state index in [1.54, 1.807) is 24.3 Å². The standard InChI is InChI=1S/C9H11O4P.C4H10O/c1-2-5-8-6-3-4-7-9(8)13-14(10,11)12;1-3-5-4-2/h2-4,6-7H,1,5H2,(H2,10,11,12);3-4H2,1-2H3. The molecule has 19 heavy (non-hydrogen) atoms. The summed E-state index contributed by atoms with van der Waals surface area (Å²) in [5.41, 5.74) is 0.700. The summed E-state index contributed by atoms with van der Waals surface area (Å²) in [6.07, 6.45) is 2.15. The second kappa shape index (κ2) is 9.75. The van der Waals surface area contributed by atoms with Crippen LogP contribution < -0.4 is 4.52 Å². The highest BCUT2D eigenvalue weighted by atomic mass is 31.2. The van der Waals surface area contributed by atoms with Crippen molar-refractivity contribution in [1.29, 1.82) is 0 Å². The van der Waals surface area contributed by atoms with Gasteiger partial charge in [-0.3, -0.25) is 9.79 Å². The SMILES string of the molecule is C=CCc1ccccc1OP(=O)(O)O.CCOCC. The van der Waals surface area contributed by atoms with Crippen molar-refractivity contribution >= 4 is 7.82 Å². The zero-order valence-corrected chi connectivity index (χ0v) is 12.2. The Kier molecular flexibility index (Phi) is 9.17. The molecule has 108 valence electrons. The number of benzene rings is 1. The van der Waals surface area contributed by atoms with Gasteiger partial charge >= 0.3 is 7.82 Å². The molecule has 0 saturated heterocycles. The lowest BCUT2D eigenvalue weighted by Gasteiger charge is -2.09. The van der Waals surface area contributed by atoms with Crippen LogP contribution >= 0.6 is 7.82 Å². The fourth-order valence-corrected chi connectivity index (χ4v) is 1.68. The molecule has 0 bridgehead atoms. The molecule has 0 heterocycles. The van der Waals surface area contributed by atoms with Crippen LogP contribution in [0.5, 0.6) is 5.75 Å². The van der Waals surface area contributed by atoms with Crippen molar-refractivity contribution in [1.82, 2.24) is 0 Å². The van der Waals surface area contributed by atoms with Gasteiger partial charge in [0, 0.05) is 13.2 Å². The summed E-state index contributed by atoms with van der Waals surface area (Å²) < 4.78 is 19.9. The van der Waals surface area contributed by atoms with Gasteiger partial charge in [0.2, 0.25) is 0 Å². The average Bonchev–Trinajstić information content (AvgIpc) is 2.32. The van der Waals surface area contributed by atoms with Gasteiger partial charge in [0.25, 0.3) is 0 Å². The molecular formula is C13H21O5P. The summed E-state index contributed by atoms with van der Waals surface area (Å²) >= 11 is 0. The van der Waals surface area contributed by atoms with Crippen LogP contribution in [0.1, 0.15) is 19.4 Å². The Morgan fingerprint density at radius 3 is 2.26 bits per heavy atom. The molecule has 1 rings (SSSR count). The Balaban J connectivity index is 0.000000555. The van der Waals surface area contributed by atoms with Crippen LogP contribution in [0.2, 0.25) is 0 Å². The van der Waals surface area contributed by atoms with E-state index in [1.165, 1.54) is 6.07 Å². The second-order valence-electron chi connectivity index (χ2n) is 3.46. The molecule has 0 radical (unpaired) electrons. The van der Waals surface area contributed by atoms with Crippen molar-refractivity contribution in [2.75, 3.05) is 13.2 Å². The summed E-state index contributed by atoms with van der Waals surface area (Å²) in [5, 5.41) is 0. The first-order chi connectivity index (χ1) is 8.94. The van der Waals surface area contributed by atoms with Gasteiger partial charge in [-0.15, -0.1) is 6.58 Å². The van der Waals surface area contributed by atoms with E-state index in [0.717, 1.165) is 13.2 Å². The van der Waals surface area contributed by atoms with Crippen molar-refractivity contribution in [2.24, 2.45) is 0 Å². The van der Waals surface area contributed by atoms with Crippen molar-refractivity contribution in [3.8, 4) is 5.75 Å². The van der Waals surface area contributed by atoms with Gasteiger partial charge in [-0.05, 0) is 31.9 Å². The van der Waals surface area contributed by atoms with Crippen molar-refractivity contribution in [3.05, 3.63) is 42.5 Å². The number of phosphoric ester groups is 1. The molecule has 0 aliphatic rings. The van der Waals surface area contributed by atoms with Crippen LogP contribution in [0.25, 0.3) is 0 Å². The van der Waals surface area contributed by atoms with Crippen LogP contribution in [0.3, 0.4) is 0 Å². The van der Waals surface area contributed by atoms with E-state index in [9.17, 15) is 4.57 Å². The van der Waals surface area contributed by atoms with Crippen molar-refractivity contribution in [2.45, 2.75) is 20.3 Å². The van der Waals surface area contributed by atoms with Gasteiger partial charge in [-0.1, -0.05) is 24.3 Å². The highest BCUT2D eigenvalue weighted by molar-refractivity contribution is 7.46. The summed E-state index contributed by atoms with van der Waals surface area (Å²) in [6.45, 7) is 9.21. The maximum atomic E-state index is 10.6. The van der Waals surface area contributed by atoms with E-state index in [0.29, 0.717) is 12.0 Å². The van der Waals surface area contributed by atoms with Gasteiger partial charge in [0.05, 0.1) is 0 Å². The smallest absolute Gasteiger partial charge is 0.404 e. The van der Waals surface area contributed by atoms with Crippen molar-refractivity contribution in [3.63, 3.8) is 0 Å². The van der Waals surface area contributed by atoms with Crippen LogP contribution in [0.4, 0.5) is 0 Å². The number of rotatable bonds is 6. The highest BCUT2D eigenvalue weighted by Gasteiger charge is 2.17. The van der Waals surface area contributed by atoms with Crippen molar-refractivity contribution < 1.29 is 23.6 Å². The first-order valence-electron chi connectivity index (χ1n) is 5.96. The predicted molar refractivity (Wildman–Crippen MR) is 75.2 cm³/mol. The molecule has 0 amide bonds. The summed E-state index contributed by atoms with van der Waals surface area (Å²) in [6, 6.07) is 6.66. The quantitative estimate of drug-likeness (QED) is 0.621. The maximum absolute atomic E-state index is 10.6. The summed E-state index contributed by atoms with van der Waals surface area (Å²) in [7, 11) is -4.47. The van der Waals surface area contributed by atoms with E-state index < -0.39 is 7.82 Å². The van der Waals surface area contributed by atoms with Crippen LogP contribution in [-0.2, 0) is 15.7 Å². The lowest BCUT2D eigenvalue weighted by atomic mass is 10.1. The largest absolute Gasteiger partial charge is 0.524 e. The zero-order chi connectivity index (χ0) is 14.7. The Hall–Kier alpha value is -1.13. The van der Waals surface area contributed by atoms with Crippen LogP contribution in [0.15, 0.2) is 36.9 Å². The fraction of sp³-hybridized carbons (Fsp3) is 0.385. The Labute approximate surface area is 114 Å². The molecule has 0 aliphatic heterocycles. The lowest BCUT2D eigenvalue weighted by Crippen LogP contribution is -1.94. The number of allylic oxidation sites excluding steroid dienone is 1. The molecular weight excluding hydrogens is 267 g/mol. The first kappa shape index (κ1) is 17.9. The van der Waals surface area contributed by atoms with E-state index >= 15 is 0 Å². The molecule has 5 nitrogen and oxygen atoms in total. The van der Waals surface area contributed by atoms with Gasteiger partial charge in [-0.2, -0.15) is 0 Å². The summed E-state index contributed by atoms with van der Waals surface area (Å²) in [5.74, 6) is 0.195. The molecule has 2 N–H and O–H groups in total. The van der Waals surface area contributed by atoms with E-state index in [2.05, 4.69) is 11.1 Å². The topological polar surface area (TPSA) is 76.0 Å². The molecule has 0 unspecified atom stereocenters. The predicted octanol–water partition coefficient (Wildman–Crippen LogP) is 2.93. The molecule has 0 aromatic heterocycles. The number of ether oxygens (including phenoxy) is 1. The molecule has 0 atom stereocenters. The number of hydrogen-bond donors (Lipinski definition) is 2. The molecule has 0 spiro atoms. The molecule has 0 fully saturated rings. The maximum Gasteiger partial charge on any atom is 0.524 e. The Morgan fingerprint density at radius 1 is 1.26 bits per heavy atom. The fourth-order valence-electron chi connectivity index (χ4n) is 1.25. The molecule has 0 saturated carbocycles. The molecule has 1 aromatic carbocycles. The number of hydrogen-bond acceptors (Lipinski definition) is 3. The van der Waals surface area contributed by atoms with E-state index in [4.69, 9.17) is 14.5 Å². The third-order valence-corrected chi connectivity index (χ3v) is 2.40. The number of para-hydroxylation sites is 1. The van der Waals surface area contributed by atoms with E-state index in [1.807, 2.05) is 13.8 Å². The second-order valence-corrected chi connectivity index (χ2v) is 4.63. The minimum absolute atomic E-state index is 0.195.